The number of phenolic OH excluding ortho intramolecular Hbond substituents is 2. The largest absolute Gasteiger partial charge is 0.506 e. The van der Waals surface area contributed by atoms with Crippen molar-refractivity contribution in [1.29, 1.82) is 0 Å². The van der Waals surface area contributed by atoms with Crippen molar-refractivity contribution in [3.63, 3.8) is 0 Å². The Hall–Kier alpha value is -2.55. The molecule has 2 aromatic carbocycles. The van der Waals surface area contributed by atoms with Gasteiger partial charge in [-0.25, -0.2) is 0 Å². The van der Waals surface area contributed by atoms with E-state index in [1.54, 1.807) is 0 Å². The van der Waals surface area contributed by atoms with Crippen molar-refractivity contribution >= 4 is 30.4 Å². The highest BCUT2D eigenvalue weighted by atomic mass is 32.2. The molecule has 0 aliphatic carbocycles. The Morgan fingerprint density at radius 1 is 0.808 bits per heavy atom. The molecule has 3 rings (SSSR count). The number of fused-ring (bicyclic) bond motifs is 4. The topological polar surface area (TPSA) is 182 Å². The summed E-state index contributed by atoms with van der Waals surface area (Å²) in [5, 5.41) is 19.6. The molecule has 14 heteroatoms. The van der Waals surface area contributed by atoms with E-state index in [-0.39, 0.29) is 0 Å². The number of phenols is 2. The second-order valence-corrected chi connectivity index (χ2v) is 9.37. The molecule has 26 heavy (non-hydrogen) atoms. The van der Waals surface area contributed by atoms with E-state index >= 15 is 0 Å². The minimum Gasteiger partial charge on any atom is -0.506 e. The molecule has 0 saturated heterocycles. The highest BCUT2D eigenvalue weighted by Crippen LogP contribution is 2.39. The Balaban J connectivity index is 2.43. The Kier molecular flexibility index (Phi) is 3.84. The SMILES string of the molecule is O=S(=O)(O)c1cc2cc(c1O)S(=O)(=O)Oc1ccc(O)c(c1)S(=O)(=O)O2. The van der Waals surface area contributed by atoms with Gasteiger partial charge in [-0.15, -0.1) is 0 Å². The van der Waals surface area contributed by atoms with Gasteiger partial charge in [-0.05, 0) is 12.1 Å². The van der Waals surface area contributed by atoms with E-state index in [1.807, 2.05) is 0 Å². The van der Waals surface area contributed by atoms with Crippen LogP contribution in [0.2, 0.25) is 0 Å². The highest BCUT2D eigenvalue weighted by molar-refractivity contribution is 7.88. The van der Waals surface area contributed by atoms with Crippen molar-refractivity contribution in [3.8, 4) is 23.0 Å². The Labute approximate surface area is 147 Å². The minimum atomic E-state index is -5.16. The summed E-state index contributed by atoms with van der Waals surface area (Å²) in [6.45, 7) is 0. The summed E-state index contributed by atoms with van der Waals surface area (Å²) >= 11 is 0. The smallest absolute Gasteiger partial charge is 0.343 e. The van der Waals surface area contributed by atoms with Crippen molar-refractivity contribution in [1.82, 2.24) is 0 Å². The summed E-state index contributed by atoms with van der Waals surface area (Å²) in [6, 6.07) is 3.29. The van der Waals surface area contributed by atoms with E-state index in [2.05, 4.69) is 8.37 Å². The lowest BCUT2D eigenvalue weighted by Crippen LogP contribution is -2.16. The molecule has 2 aromatic rings. The number of aromatic hydroxyl groups is 2. The summed E-state index contributed by atoms with van der Waals surface area (Å²) in [5.74, 6) is -3.62. The minimum absolute atomic E-state index is 0.393. The average Bonchev–Trinajstić information content (AvgIpc) is 2.48. The maximum Gasteiger partial charge on any atom is 0.343 e. The first-order valence-electron chi connectivity index (χ1n) is 6.38. The lowest BCUT2D eigenvalue weighted by Gasteiger charge is -2.16. The maximum absolute atomic E-state index is 12.3. The Morgan fingerprint density at radius 3 is 1.96 bits per heavy atom. The molecule has 3 N–H and O–H groups in total. The Bertz CT molecular complexity index is 1240. The van der Waals surface area contributed by atoms with E-state index in [0.29, 0.717) is 18.2 Å². The second-order valence-electron chi connectivity index (χ2n) is 4.95. The highest BCUT2D eigenvalue weighted by Gasteiger charge is 2.33. The molecule has 0 aromatic heterocycles. The number of hydrogen-bond acceptors (Lipinski definition) is 10. The molecule has 11 nitrogen and oxygen atoms in total. The fourth-order valence-electron chi connectivity index (χ4n) is 2.08. The van der Waals surface area contributed by atoms with Crippen LogP contribution in [-0.4, -0.2) is 40.0 Å². The van der Waals surface area contributed by atoms with Crippen molar-refractivity contribution in [2.45, 2.75) is 14.7 Å². The lowest BCUT2D eigenvalue weighted by molar-refractivity contribution is 0.413. The first-order chi connectivity index (χ1) is 11.8. The molecule has 0 amide bonds. The monoisotopic (exact) mass is 424 g/mol. The van der Waals surface area contributed by atoms with Gasteiger partial charge in [-0.3, -0.25) is 4.55 Å². The molecular formula is C12H8O11S3. The molecular weight excluding hydrogens is 416 g/mol. The van der Waals surface area contributed by atoms with Crippen LogP contribution in [0.15, 0.2) is 45.0 Å². The van der Waals surface area contributed by atoms with Crippen molar-refractivity contribution < 1.29 is 48.4 Å². The summed E-state index contributed by atoms with van der Waals surface area (Å²) in [4.78, 5) is -3.33. The standard InChI is InChI=1S/C12H8O11S3/c13-8-2-1-6-3-9(8)25(18,19)23-7-4-10(24(15,16)17)12(14)11(5-7)26(20,21)22-6/h1-5,13-14H,(H,15,16,17). The third-order valence-electron chi connectivity index (χ3n) is 3.17. The van der Waals surface area contributed by atoms with Crippen LogP contribution in [-0.2, 0) is 30.4 Å². The van der Waals surface area contributed by atoms with Gasteiger partial charge in [0.2, 0.25) is 0 Å². The van der Waals surface area contributed by atoms with Gasteiger partial charge in [-0.1, -0.05) is 0 Å². The van der Waals surface area contributed by atoms with Crippen LogP contribution in [0.5, 0.6) is 23.0 Å². The molecule has 140 valence electrons. The second kappa shape index (κ2) is 5.47. The lowest BCUT2D eigenvalue weighted by atomic mass is 10.3. The van der Waals surface area contributed by atoms with E-state index in [9.17, 15) is 35.5 Å². The van der Waals surface area contributed by atoms with Crippen LogP contribution in [0.25, 0.3) is 0 Å². The molecule has 0 spiro atoms. The van der Waals surface area contributed by atoms with Crippen molar-refractivity contribution in [2.24, 2.45) is 0 Å². The molecule has 1 aliphatic rings. The van der Waals surface area contributed by atoms with Crippen LogP contribution < -0.4 is 8.37 Å². The molecule has 0 atom stereocenters. The number of hydrogen-bond donors (Lipinski definition) is 3. The van der Waals surface area contributed by atoms with Gasteiger partial charge in [0, 0.05) is 18.2 Å². The fraction of sp³-hybridized carbons (Fsp3) is 0. The van der Waals surface area contributed by atoms with Gasteiger partial charge >= 0.3 is 20.2 Å². The third-order valence-corrected chi connectivity index (χ3v) is 6.58. The molecule has 0 saturated carbocycles. The van der Waals surface area contributed by atoms with Crippen LogP contribution >= 0.6 is 0 Å². The zero-order chi connectivity index (χ0) is 19.5. The molecule has 1 aliphatic heterocycles. The summed E-state index contributed by atoms with van der Waals surface area (Å²) in [7, 11) is -14.8. The fourth-order valence-corrected chi connectivity index (χ4v) is 4.85. The van der Waals surface area contributed by atoms with Crippen LogP contribution in [0, 0.1) is 0 Å². The maximum atomic E-state index is 12.3. The first kappa shape index (κ1) is 18.2. The van der Waals surface area contributed by atoms with Gasteiger partial charge in [0.15, 0.2) is 15.5 Å². The molecule has 0 radical (unpaired) electrons. The molecule has 1 heterocycles. The quantitative estimate of drug-likeness (QED) is 0.420. The molecule has 0 unspecified atom stereocenters. The zero-order valence-corrected chi connectivity index (χ0v) is 14.7. The van der Waals surface area contributed by atoms with Crippen LogP contribution in [0.3, 0.4) is 0 Å². The van der Waals surface area contributed by atoms with E-state index in [1.165, 1.54) is 0 Å². The van der Waals surface area contributed by atoms with Crippen LogP contribution in [0.1, 0.15) is 0 Å². The van der Waals surface area contributed by atoms with Crippen molar-refractivity contribution in [2.75, 3.05) is 0 Å². The van der Waals surface area contributed by atoms with Gasteiger partial charge in [0.25, 0.3) is 10.1 Å². The predicted octanol–water partition coefficient (Wildman–Crippen LogP) is 0.193. The number of benzene rings is 2. The third kappa shape index (κ3) is 3.03. The molecule has 0 fully saturated rings. The van der Waals surface area contributed by atoms with E-state index in [4.69, 9.17) is 4.55 Å². The molecule has 4 bridgehead atoms. The first-order valence-corrected chi connectivity index (χ1v) is 10.6. The predicted molar refractivity (Wildman–Crippen MR) is 81.7 cm³/mol. The Morgan fingerprint density at radius 2 is 1.35 bits per heavy atom. The van der Waals surface area contributed by atoms with Gasteiger partial charge < -0.3 is 18.6 Å². The normalized spacial score (nSPS) is 17.6. The van der Waals surface area contributed by atoms with Crippen molar-refractivity contribution in [3.05, 3.63) is 30.3 Å². The van der Waals surface area contributed by atoms with Gasteiger partial charge in [0.1, 0.15) is 22.1 Å². The number of rotatable bonds is 1. The average molecular weight is 424 g/mol. The zero-order valence-electron chi connectivity index (χ0n) is 12.2. The van der Waals surface area contributed by atoms with E-state index < -0.39 is 68.0 Å². The summed E-state index contributed by atoms with van der Waals surface area (Å²) in [6.07, 6.45) is 0. The van der Waals surface area contributed by atoms with E-state index in [0.717, 1.165) is 12.1 Å². The summed E-state index contributed by atoms with van der Waals surface area (Å²) < 4.78 is 90.3. The van der Waals surface area contributed by atoms with Gasteiger partial charge in [0.05, 0.1) is 0 Å². The summed E-state index contributed by atoms with van der Waals surface area (Å²) in [5.41, 5.74) is 0. The van der Waals surface area contributed by atoms with Gasteiger partial charge in [-0.2, -0.15) is 25.3 Å². The van der Waals surface area contributed by atoms with Crippen LogP contribution in [0.4, 0.5) is 0 Å².